The SMILES string of the molecule is O=C(NCCc1ccc(Cl)cc1)c1cnc(NC2CCCCC2)nc1. The van der Waals surface area contributed by atoms with E-state index in [1.807, 2.05) is 24.3 Å². The van der Waals surface area contributed by atoms with Gasteiger partial charge in [0.05, 0.1) is 5.56 Å². The Kier molecular flexibility index (Phi) is 6.23. The lowest BCUT2D eigenvalue weighted by Crippen LogP contribution is -2.26. The van der Waals surface area contributed by atoms with Crippen LogP contribution in [0.4, 0.5) is 5.95 Å². The van der Waals surface area contributed by atoms with Crippen LogP contribution in [0.1, 0.15) is 48.0 Å². The first-order valence-electron chi connectivity index (χ1n) is 8.82. The number of amides is 1. The van der Waals surface area contributed by atoms with E-state index >= 15 is 0 Å². The van der Waals surface area contributed by atoms with Gasteiger partial charge >= 0.3 is 0 Å². The van der Waals surface area contributed by atoms with Crippen LogP contribution in [-0.2, 0) is 6.42 Å². The summed E-state index contributed by atoms with van der Waals surface area (Å²) >= 11 is 5.86. The Morgan fingerprint density at radius 1 is 1.08 bits per heavy atom. The molecule has 0 atom stereocenters. The fourth-order valence-corrected chi connectivity index (χ4v) is 3.15. The van der Waals surface area contributed by atoms with Gasteiger partial charge in [0.2, 0.25) is 5.95 Å². The minimum atomic E-state index is -0.154. The third-order valence-electron chi connectivity index (χ3n) is 4.46. The summed E-state index contributed by atoms with van der Waals surface area (Å²) in [4.78, 5) is 20.7. The lowest BCUT2D eigenvalue weighted by atomic mass is 9.96. The predicted molar refractivity (Wildman–Crippen MR) is 100 cm³/mol. The van der Waals surface area contributed by atoms with E-state index in [2.05, 4.69) is 20.6 Å². The number of benzene rings is 1. The maximum absolute atomic E-state index is 12.2. The van der Waals surface area contributed by atoms with E-state index in [1.54, 1.807) is 12.4 Å². The van der Waals surface area contributed by atoms with Gasteiger partial charge in [-0.25, -0.2) is 9.97 Å². The third-order valence-corrected chi connectivity index (χ3v) is 4.72. The smallest absolute Gasteiger partial charge is 0.254 e. The molecule has 6 heteroatoms. The summed E-state index contributed by atoms with van der Waals surface area (Å²) in [6, 6.07) is 8.08. The van der Waals surface area contributed by atoms with Crippen molar-refractivity contribution in [2.45, 2.75) is 44.6 Å². The summed E-state index contributed by atoms with van der Waals surface area (Å²) < 4.78 is 0. The molecule has 1 aliphatic carbocycles. The van der Waals surface area contributed by atoms with Crippen LogP contribution in [0.25, 0.3) is 0 Å². The highest BCUT2D eigenvalue weighted by atomic mass is 35.5. The molecular formula is C19H23ClN4O. The van der Waals surface area contributed by atoms with Crippen LogP contribution < -0.4 is 10.6 Å². The fraction of sp³-hybridized carbons (Fsp3) is 0.421. The molecule has 2 N–H and O–H groups in total. The molecule has 3 rings (SSSR count). The average Bonchev–Trinajstić information content (AvgIpc) is 2.65. The molecule has 0 spiro atoms. The Morgan fingerprint density at radius 2 is 1.76 bits per heavy atom. The normalized spacial score (nSPS) is 14.9. The molecule has 1 saturated carbocycles. The number of carbonyl (C=O) groups is 1. The molecule has 1 aliphatic rings. The Balaban J connectivity index is 1.46. The van der Waals surface area contributed by atoms with Gasteiger partial charge in [-0.1, -0.05) is 43.0 Å². The van der Waals surface area contributed by atoms with Gasteiger partial charge < -0.3 is 10.6 Å². The Bertz CT molecular complexity index is 682. The summed E-state index contributed by atoms with van der Waals surface area (Å²) in [7, 11) is 0. The van der Waals surface area contributed by atoms with E-state index in [1.165, 1.54) is 19.3 Å². The van der Waals surface area contributed by atoms with Crippen LogP contribution in [0.15, 0.2) is 36.7 Å². The average molecular weight is 359 g/mol. The van der Waals surface area contributed by atoms with Crippen molar-refractivity contribution >= 4 is 23.5 Å². The summed E-state index contributed by atoms with van der Waals surface area (Å²) in [5.74, 6) is 0.447. The van der Waals surface area contributed by atoms with Gasteiger partial charge in [0.15, 0.2) is 0 Å². The molecule has 0 radical (unpaired) electrons. The van der Waals surface area contributed by atoms with Crippen LogP contribution in [0.2, 0.25) is 5.02 Å². The van der Waals surface area contributed by atoms with Crippen LogP contribution in [-0.4, -0.2) is 28.5 Å². The quantitative estimate of drug-likeness (QED) is 0.823. The summed E-state index contributed by atoms with van der Waals surface area (Å²) in [6.07, 6.45) is 10.1. The van der Waals surface area contributed by atoms with Crippen molar-refractivity contribution in [1.82, 2.24) is 15.3 Å². The number of halogens is 1. The molecule has 0 aliphatic heterocycles. The zero-order valence-electron chi connectivity index (χ0n) is 14.2. The minimum absolute atomic E-state index is 0.154. The highest BCUT2D eigenvalue weighted by Crippen LogP contribution is 2.20. The molecule has 0 saturated heterocycles. The monoisotopic (exact) mass is 358 g/mol. The number of nitrogens with zero attached hydrogens (tertiary/aromatic N) is 2. The van der Waals surface area contributed by atoms with Crippen molar-refractivity contribution in [3.8, 4) is 0 Å². The predicted octanol–water partition coefficient (Wildman–Crippen LogP) is 3.85. The van der Waals surface area contributed by atoms with Gasteiger partial charge in [0.25, 0.3) is 5.91 Å². The number of aromatic nitrogens is 2. The molecule has 0 unspecified atom stereocenters. The molecule has 5 nitrogen and oxygen atoms in total. The van der Waals surface area contributed by atoms with Crippen molar-refractivity contribution in [2.75, 3.05) is 11.9 Å². The van der Waals surface area contributed by atoms with Gasteiger partial charge in [-0.05, 0) is 37.0 Å². The molecule has 2 aromatic rings. The van der Waals surface area contributed by atoms with Gasteiger partial charge in [0.1, 0.15) is 0 Å². The topological polar surface area (TPSA) is 66.9 Å². The number of hydrogen-bond donors (Lipinski definition) is 2. The zero-order chi connectivity index (χ0) is 17.5. The van der Waals surface area contributed by atoms with Crippen LogP contribution in [0.3, 0.4) is 0 Å². The van der Waals surface area contributed by atoms with Gasteiger partial charge in [0, 0.05) is 30.0 Å². The first-order chi connectivity index (χ1) is 12.2. The number of anilines is 1. The number of carbonyl (C=O) groups excluding carboxylic acids is 1. The number of nitrogens with one attached hydrogen (secondary N) is 2. The summed E-state index contributed by atoms with van der Waals surface area (Å²) in [5, 5.41) is 6.96. The highest BCUT2D eigenvalue weighted by Gasteiger charge is 2.14. The second-order valence-corrected chi connectivity index (χ2v) is 6.84. The van der Waals surface area contributed by atoms with Gasteiger partial charge in [-0.15, -0.1) is 0 Å². The second-order valence-electron chi connectivity index (χ2n) is 6.41. The van der Waals surface area contributed by atoms with Crippen molar-refractivity contribution in [3.05, 3.63) is 52.8 Å². The first-order valence-corrected chi connectivity index (χ1v) is 9.20. The molecule has 0 bridgehead atoms. The maximum atomic E-state index is 12.2. The van der Waals surface area contributed by atoms with Crippen molar-refractivity contribution < 1.29 is 4.79 Å². The van der Waals surface area contributed by atoms with E-state index in [4.69, 9.17) is 11.6 Å². The Labute approximate surface area is 153 Å². The molecule has 1 aromatic carbocycles. The van der Waals surface area contributed by atoms with E-state index in [0.29, 0.717) is 29.1 Å². The number of rotatable bonds is 6. The number of hydrogen-bond acceptors (Lipinski definition) is 4. The van der Waals surface area contributed by atoms with Crippen molar-refractivity contribution in [2.24, 2.45) is 0 Å². The van der Waals surface area contributed by atoms with Crippen molar-refractivity contribution in [3.63, 3.8) is 0 Å². The minimum Gasteiger partial charge on any atom is -0.352 e. The molecule has 1 amide bonds. The van der Waals surface area contributed by atoms with E-state index in [-0.39, 0.29) is 5.91 Å². The fourth-order valence-electron chi connectivity index (χ4n) is 3.02. The third kappa shape index (κ3) is 5.43. The molecule has 25 heavy (non-hydrogen) atoms. The maximum Gasteiger partial charge on any atom is 0.254 e. The molecular weight excluding hydrogens is 336 g/mol. The van der Waals surface area contributed by atoms with Crippen molar-refractivity contribution in [1.29, 1.82) is 0 Å². The zero-order valence-corrected chi connectivity index (χ0v) is 14.9. The summed E-state index contributed by atoms with van der Waals surface area (Å²) in [5.41, 5.74) is 1.61. The molecule has 1 heterocycles. The van der Waals surface area contributed by atoms with E-state index in [0.717, 1.165) is 24.8 Å². The van der Waals surface area contributed by atoms with Crippen LogP contribution in [0.5, 0.6) is 0 Å². The van der Waals surface area contributed by atoms with Crippen LogP contribution in [0, 0.1) is 0 Å². The molecule has 132 valence electrons. The van der Waals surface area contributed by atoms with E-state index in [9.17, 15) is 4.79 Å². The lowest BCUT2D eigenvalue weighted by molar-refractivity contribution is 0.0953. The Hall–Kier alpha value is -2.14. The van der Waals surface area contributed by atoms with E-state index < -0.39 is 0 Å². The summed E-state index contributed by atoms with van der Waals surface area (Å²) in [6.45, 7) is 0.558. The molecule has 1 fully saturated rings. The second kappa shape index (κ2) is 8.81. The first kappa shape index (κ1) is 17.7. The standard InChI is InChI=1S/C19H23ClN4O/c20-16-8-6-14(7-9-16)10-11-21-18(25)15-12-22-19(23-13-15)24-17-4-2-1-3-5-17/h6-9,12-13,17H,1-5,10-11H2,(H,21,25)(H,22,23,24). The highest BCUT2D eigenvalue weighted by molar-refractivity contribution is 6.30. The van der Waals surface area contributed by atoms with Gasteiger partial charge in [-0.2, -0.15) is 0 Å². The Morgan fingerprint density at radius 3 is 2.44 bits per heavy atom. The largest absolute Gasteiger partial charge is 0.352 e. The lowest BCUT2D eigenvalue weighted by Gasteiger charge is -2.22. The van der Waals surface area contributed by atoms with Gasteiger partial charge in [-0.3, -0.25) is 4.79 Å². The molecule has 1 aromatic heterocycles. The van der Waals surface area contributed by atoms with Crippen LogP contribution >= 0.6 is 11.6 Å².